The van der Waals surface area contributed by atoms with Crippen LogP contribution in [0.2, 0.25) is 0 Å². The summed E-state index contributed by atoms with van der Waals surface area (Å²) in [5.41, 5.74) is -2.21. The number of ether oxygens (including phenoxy) is 2. The molecule has 1 amide bonds. The first-order valence-electron chi connectivity index (χ1n) is 10.4. The van der Waals surface area contributed by atoms with Crippen LogP contribution in [0.3, 0.4) is 0 Å². The number of cyclic esters (lactones) is 1. The van der Waals surface area contributed by atoms with Gasteiger partial charge in [-0.3, -0.25) is 4.79 Å². The number of allylic oxidation sites excluding steroid dienone is 1. The molecule has 0 aromatic rings. The SMILES string of the molecule is CC(=O)N[C@H](C(=O)O[C@@H]1CCC(C)(C)[C@@H]2CC=C3C(=O)OC[C@@]3(O)[C@]12C)C(C)C. The van der Waals surface area contributed by atoms with Crippen LogP contribution in [-0.2, 0) is 23.9 Å². The highest BCUT2D eigenvalue weighted by Gasteiger charge is 2.69. The van der Waals surface area contributed by atoms with Gasteiger partial charge in [-0.15, -0.1) is 0 Å². The molecule has 3 rings (SSSR count). The van der Waals surface area contributed by atoms with Gasteiger partial charge in [-0.05, 0) is 36.5 Å². The molecule has 7 nitrogen and oxygen atoms in total. The number of esters is 2. The summed E-state index contributed by atoms with van der Waals surface area (Å²) in [5.74, 6) is -1.45. The molecule has 1 heterocycles. The van der Waals surface area contributed by atoms with Gasteiger partial charge >= 0.3 is 11.9 Å². The lowest BCUT2D eigenvalue weighted by molar-refractivity contribution is -0.217. The second-order valence-electron chi connectivity index (χ2n) is 10.0. The Morgan fingerprint density at radius 1 is 1.31 bits per heavy atom. The van der Waals surface area contributed by atoms with E-state index in [1.807, 2.05) is 20.8 Å². The number of amides is 1. The molecule has 2 N–H and O–H groups in total. The van der Waals surface area contributed by atoms with Crippen molar-refractivity contribution in [3.8, 4) is 0 Å². The predicted octanol–water partition coefficient (Wildman–Crippen LogP) is 2.12. The van der Waals surface area contributed by atoms with E-state index in [0.29, 0.717) is 12.8 Å². The fourth-order valence-corrected chi connectivity index (χ4v) is 5.67. The van der Waals surface area contributed by atoms with Crippen molar-refractivity contribution in [2.45, 2.75) is 78.6 Å². The van der Waals surface area contributed by atoms with Crippen molar-refractivity contribution in [1.82, 2.24) is 5.32 Å². The molecular formula is C22H33NO6. The third kappa shape index (κ3) is 3.27. The minimum atomic E-state index is -1.50. The maximum Gasteiger partial charge on any atom is 0.336 e. The summed E-state index contributed by atoms with van der Waals surface area (Å²) < 4.78 is 11.2. The quantitative estimate of drug-likeness (QED) is 0.692. The molecule has 0 unspecified atom stereocenters. The van der Waals surface area contributed by atoms with E-state index < -0.39 is 35.1 Å². The Morgan fingerprint density at radius 2 is 1.97 bits per heavy atom. The van der Waals surface area contributed by atoms with E-state index in [-0.39, 0.29) is 35.3 Å². The molecule has 1 saturated heterocycles. The highest BCUT2D eigenvalue weighted by molar-refractivity contribution is 5.94. The van der Waals surface area contributed by atoms with Crippen molar-refractivity contribution >= 4 is 17.8 Å². The summed E-state index contributed by atoms with van der Waals surface area (Å²) in [6.45, 7) is 11.1. The summed E-state index contributed by atoms with van der Waals surface area (Å²) in [7, 11) is 0. The van der Waals surface area contributed by atoms with Crippen molar-refractivity contribution in [3.05, 3.63) is 11.6 Å². The Bertz CT molecular complexity index is 756. The van der Waals surface area contributed by atoms with Gasteiger partial charge in [0.1, 0.15) is 24.4 Å². The van der Waals surface area contributed by atoms with Crippen LogP contribution in [0.1, 0.15) is 60.8 Å². The molecular weight excluding hydrogens is 374 g/mol. The molecule has 162 valence electrons. The molecule has 0 spiro atoms. The van der Waals surface area contributed by atoms with Gasteiger partial charge in [-0.25, -0.2) is 9.59 Å². The van der Waals surface area contributed by atoms with Crippen LogP contribution in [0.4, 0.5) is 0 Å². The second-order valence-corrected chi connectivity index (χ2v) is 10.0. The number of hydrogen-bond acceptors (Lipinski definition) is 6. The van der Waals surface area contributed by atoms with Gasteiger partial charge in [0, 0.05) is 12.3 Å². The monoisotopic (exact) mass is 407 g/mol. The van der Waals surface area contributed by atoms with Crippen LogP contribution in [0.15, 0.2) is 11.6 Å². The Kier molecular flexibility index (Phi) is 5.35. The fourth-order valence-electron chi connectivity index (χ4n) is 5.67. The smallest absolute Gasteiger partial charge is 0.336 e. The van der Waals surface area contributed by atoms with Crippen LogP contribution < -0.4 is 5.32 Å². The summed E-state index contributed by atoms with van der Waals surface area (Å²) in [5, 5.41) is 14.3. The van der Waals surface area contributed by atoms with E-state index in [1.165, 1.54) is 6.92 Å². The van der Waals surface area contributed by atoms with Gasteiger partial charge in [-0.2, -0.15) is 0 Å². The summed E-state index contributed by atoms with van der Waals surface area (Å²) in [6, 6.07) is -0.765. The number of carbonyl (C=O) groups excluding carboxylic acids is 3. The van der Waals surface area contributed by atoms with Crippen molar-refractivity contribution in [2.24, 2.45) is 22.7 Å². The van der Waals surface area contributed by atoms with Crippen LogP contribution in [0.25, 0.3) is 0 Å². The van der Waals surface area contributed by atoms with E-state index in [4.69, 9.17) is 9.47 Å². The third-order valence-electron chi connectivity index (χ3n) is 7.45. The van der Waals surface area contributed by atoms with Crippen molar-refractivity contribution in [1.29, 1.82) is 0 Å². The van der Waals surface area contributed by atoms with E-state index >= 15 is 0 Å². The zero-order valence-corrected chi connectivity index (χ0v) is 18.2. The Labute approximate surface area is 172 Å². The zero-order chi connectivity index (χ0) is 21.8. The minimum absolute atomic E-state index is 0.00284. The Morgan fingerprint density at radius 3 is 2.55 bits per heavy atom. The zero-order valence-electron chi connectivity index (χ0n) is 18.2. The number of aliphatic hydroxyl groups is 1. The average Bonchev–Trinajstić information content (AvgIpc) is 2.91. The number of nitrogens with one attached hydrogen (secondary N) is 1. The van der Waals surface area contributed by atoms with E-state index in [2.05, 4.69) is 19.2 Å². The normalized spacial score (nSPS) is 36.4. The first-order valence-corrected chi connectivity index (χ1v) is 10.4. The first kappa shape index (κ1) is 21.8. The second kappa shape index (κ2) is 7.11. The number of carbonyl (C=O) groups is 3. The number of fused-ring (bicyclic) bond motifs is 3. The lowest BCUT2D eigenvalue weighted by Crippen LogP contribution is -2.66. The molecule has 1 saturated carbocycles. The summed E-state index contributed by atoms with van der Waals surface area (Å²) in [4.78, 5) is 36.8. The lowest BCUT2D eigenvalue weighted by atomic mass is 9.46. The highest BCUT2D eigenvalue weighted by Crippen LogP contribution is 2.63. The van der Waals surface area contributed by atoms with Gasteiger partial charge < -0.3 is 19.9 Å². The fraction of sp³-hybridized carbons (Fsp3) is 0.773. The Balaban J connectivity index is 1.97. The van der Waals surface area contributed by atoms with E-state index in [0.717, 1.165) is 6.42 Å². The van der Waals surface area contributed by atoms with Gasteiger partial charge in [0.05, 0.1) is 5.57 Å². The topological polar surface area (TPSA) is 102 Å². The largest absolute Gasteiger partial charge is 0.460 e. The molecule has 29 heavy (non-hydrogen) atoms. The summed E-state index contributed by atoms with van der Waals surface area (Å²) >= 11 is 0. The first-order chi connectivity index (χ1) is 13.3. The average molecular weight is 408 g/mol. The molecule has 0 aromatic carbocycles. The Hall–Kier alpha value is -1.89. The molecule has 2 aliphatic carbocycles. The molecule has 7 heteroatoms. The van der Waals surface area contributed by atoms with Crippen molar-refractivity contribution in [2.75, 3.05) is 6.61 Å². The molecule has 0 aromatic heterocycles. The van der Waals surface area contributed by atoms with Gasteiger partial charge in [0.25, 0.3) is 0 Å². The van der Waals surface area contributed by atoms with Crippen molar-refractivity contribution < 1.29 is 29.0 Å². The highest BCUT2D eigenvalue weighted by atomic mass is 16.6. The maximum atomic E-state index is 13.0. The molecule has 0 radical (unpaired) electrons. The van der Waals surface area contributed by atoms with Crippen LogP contribution in [0.5, 0.6) is 0 Å². The minimum Gasteiger partial charge on any atom is -0.460 e. The van der Waals surface area contributed by atoms with Crippen LogP contribution in [0, 0.1) is 22.7 Å². The molecule has 5 atom stereocenters. The van der Waals surface area contributed by atoms with E-state index in [1.54, 1.807) is 6.08 Å². The van der Waals surface area contributed by atoms with Crippen molar-refractivity contribution in [3.63, 3.8) is 0 Å². The number of rotatable bonds is 4. The molecule has 3 aliphatic rings. The van der Waals surface area contributed by atoms with Gasteiger partial charge in [0.15, 0.2) is 0 Å². The lowest BCUT2D eigenvalue weighted by Gasteiger charge is -2.60. The predicted molar refractivity (Wildman–Crippen MR) is 106 cm³/mol. The molecule has 2 fully saturated rings. The van der Waals surface area contributed by atoms with Gasteiger partial charge in [-0.1, -0.05) is 40.7 Å². The standard InChI is InChI=1S/C22H33NO6/c1-12(2)17(23-13(3)24)19(26)29-16-9-10-20(4,5)15-8-7-14-18(25)28-11-22(14,27)21(15,16)6/h7,12,15-17,27H,8-11H2,1-6H3,(H,23,24)/t15-,16+,17-,21-,22-/m0/s1. The van der Waals surface area contributed by atoms with Gasteiger partial charge in [0.2, 0.25) is 5.91 Å². The van der Waals surface area contributed by atoms with Crippen LogP contribution >= 0.6 is 0 Å². The molecule has 1 aliphatic heterocycles. The molecule has 0 bridgehead atoms. The summed E-state index contributed by atoms with van der Waals surface area (Å²) in [6.07, 6.45) is 3.21. The van der Waals surface area contributed by atoms with Crippen LogP contribution in [-0.4, -0.2) is 47.3 Å². The van der Waals surface area contributed by atoms with E-state index in [9.17, 15) is 19.5 Å². The number of hydrogen-bond donors (Lipinski definition) is 2. The maximum absolute atomic E-state index is 13.0. The third-order valence-corrected chi connectivity index (χ3v) is 7.45.